The van der Waals surface area contributed by atoms with Gasteiger partial charge in [-0.05, 0) is 13.0 Å². The molecule has 0 spiro atoms. The zero-order valence-corrected chi connectivity index (χ0v) is 14.5. The molecule has 0 aliphatic heterocycles. The molecule has 1 atom stereocenters. The number of carbonyl (C=O) groups is 2. The summed E-state index contributed by atoms with van der Waals surface area (Å²) in [6.07, 6.45) is -1.88. The van der Waals surface area contributed by atoms with Gasteiger partial charge in [0.05, 0.1) is 0 Å². The van der Waals surface area contributed by atoms with E-state index in [9.17, 15) is 27.9 Å². The molecule has 2 aromatic rings. The minimum absolute atomic E-state index is 0.128. The minimum atomic E-state index is -4.97. The fourth-order valence-corrected chi connectivity index (χ4v) is 2.57. The molecule has 26 heavy (non-hydrogen) atoms. The number of imidazole rings is 1. The van der Waals surface area contributed by atoms with Crippen molar-refractivity contribution in [1.29, 1.82) is 0 Å². The Morgan fingerprint density at radius 1 is 1.27 bits per heavy atom. The first-order chi connectivity index (χ1) is 12.0. The standard InChI is InChI=1S/C16H19F3N4O3/c1-10(24)11-8-12(23(3)9-11)13(25)20-5-4-15(26,16(17,18)19)14-21-6-7-22(14)2/h6-9,26H,4-5H2,1-3H3,(H,20,25)/t15-/m1/s1. The first kappa shape index (κ1) is 19.7. The van der Waals surface area contributed by atoms with Gasteiger partial charge in [0.25, 0.3) is 5.91 Å². The maximum atomic E-state index is 13.4. The van der Waals surface area contributed by atoms with Crippen LogP contribution in [0.5, 0.6) is 0 Å². The summed E-state index contributed by atoms with van der Waals surface area (Å²) in [6, 6.07) is 1.35. The lowest BCUT2D eigenvalue weighted by molar-refractivity contribution is -0.272. The maximum Gasteiger partial charge on any atom is 0.424 e. The molecule has 0 aliphatic carbocycles. The molecule has 0 fully saturated rings. The average Bonchev–Trinajstić information content (AvgIpc) is 3.12. The Hall–Kier alpha value is -2.62. The molecule has 0 saturated carbocycles. The van der Waals surface area contributed by atoms with Crippen LogP contribution in [0.3, 0.4) is 0 Å². The highest BCUT2D eigenvalue weighted by Crippen LogP contribution is 2.40. The van der Waals surface area contributed by atoms with E-state index in [0.717, 1.165) is 10.8 Å². The number of rotatable bonds is 6. The number of aryl methyl sites for hydroxylation is 2. The number of nitrogens with one attached hydrogen (secondary N) is 1. The number of alkyl halides is 3. The lowest BCUT2D eigenvalue weighted by Gasteiger charge is -2.29. The summed E-state index contributed by atoms with van der Waals surface area (Å²) in [5.41, 5.74) is -2.75. The lowest BCUT2D eigenvalue weighted by Crippen LogP contribution is -2.46. The van der Waals surface area contributed by atoms with Gasteiger partial charge in [0.2, 0.25) is 5.60 Å². The second-order valence-electron chi connectivity index (χ2n) is 6.01. The normalized spacial score (nSPS) is 14.1. The molecule has 2 N–H and O–H groups in total. The summed E-state index contributed by atoms with van der Waals surface area (Å²) >= 11 is 0. The molecule has 0 aromatic carbocycles. The monoisotopic (exact) mass is 372 g/mol. The van der Waals surface area contributed by atoms with Crippen LogP contribution in [0.25, 0.3) is 0 Å². The first-order valence-corrected chi connectivity index (χ1v) is 7.70. The van der Waals surface area contributed by atoms with Crippen LogP contribution in [-0.4, -0.2) is 43.6 Å². The third-order valence-corrected chi connectivity index (χ3v) is 4.08. The Balaban J connectivity index is 2.12. The van der Waals surface area contributed by atoms with E-state index in [4.69, 9.17) is 0 Å². The van der Waals surface area contributed by atoms with Crippen molar-refractivity contribution in [1.82, 2.24) is 19.4 Å². The molecule has 0 unspecified atom stereocenters. The first-order valence-electron chi connectivity index (χ1n) is 7.70. The number of hydrogen-bond acceptors (Lipinski definition) is 4. The van der Waals surface area contributed by atoms with Crippen molar-refractivity contribution in [3.8, 4) is 0 Å². The Kier molecular flexibility index (Phi) is 5.26. The number of halogens is 3. The average molecular weight is 372 g/mol. The van der Waals surface area contributed by atoms with Gasteiger partial charge in [-0.25, -0.2) is 4.98 Å². The molecule has 2 rings (SSSR count). The zero-order valence-electron chi connectivity index (χ0n) is 14.5. The molecule has 10 heteroatoms. The summed E-state index contributed by atoms with van der Waals surface area (Å²) in [5.74, 6) is -1.44. The van der Waals surface area contributed by atoms with Crippen LogP contribution in [0.15, 0.2) is 24.7 Å². The van der Waals surface area contributed by atoms with Crippen LogP contribution >= 0.6 is 0 Å². The van der Waals surface area contributed by atoms with E-state index in [2.05, 4.69) is 10.3 Å². The summed E-state index contributed by atoms with van der Waals surface area (Å²) in [5, 5.41) is 12.5. The number of amides is 1. The predicted molar refractivity (Wildman–Crippen MR) is 85.5 cm³/mol. The highest BCUT2D eigenvalue weighted by Gasteiger charge is 2.57. The van der Waals surface area contributed by atoms with Crippen LogP contribution in [-0.2, 0) is 19.7 Å². The van der Waals surface area contributed by atoms with Gasteiger partial charge in [0, 0.05) is 51.2 Å². The van der Waals surface area contributed by atoms with Crippen molar-refractivity contribution in [2.45, 2.75) is 25.1 Å². The van der Waals surface area contributed by atoms with Crippen LogP contribution in [0.4, 0.5) is 13.2 Å². The Morgan fingerprint density at radius 3 is 2.38 bits per heavy atom. The van der Waals surface area contributed by atoms with Gasteiger partial charge < -0.3 is 19.6 Å². The van der Waals surface area contributed by atoms with E-state index in [1.807, 2.05) is 0 Å². The molecule has 7 nitrogen and oxygen atoms in total. The lowest BCUT2D eigenvalue weighted by atomic mass is 9.97. The fraction of sp³-hybridized carbons (Fsp3) is 0.438. The quantitative estimate of drug-likeness (QED) is 0.753. The number of aromatic nitrogens is 3. The van der Waals surface area contributed by atoms with Crippen molar-refractivity contribution in [2.24, 2.45) is 14.1 Å². The molecule has 1 amide bonds. The maximum absolute atomic E-state index is 13.4. The third kappa shape index (κ3) is 3.64. The van der Waals surface area contributed by atoms with E-state index in [1.165, 1.54) is 37.0 Å². The summed E-state index contributed by atoms with van der Waals surface area (Å²) < 4.78 is 42.7. The number of ketones is 1. The molecule has 0 saturated heterocycles. The molecule has 2 heterocycles. The van der Waals surface area contributed by atoms with Crippen LogP contribution in [0.2, 0.25) is 0 Å². The Labute approximate surface area is 147 Å². The number of carbonyl (C=O) groups excluding carboxylic acids is 2. The topological polar surface area (TPSA) is 89.2 Å². The molecular formula is C16H19F3N4O3. The Bertz CT molecular complexity index is 825. The van der Waals surface area contributed by atoms with Crippen molar-refractivity contribution in [2.75, 3.05) is 6.54 Å². The summed E-state index contributed by atoms with van der Waals surface area (Å²) in [6.45, 7) is 0.898. The van der Waals surface area contributed by atoms with Crippen molar-refractivity contribution in [3.05, 3.63) is 41.7 Å². The molecule has 0 bridgehead atoms. The molecule has 0 radical (unpaired) electrons. The predicted octanol–water partition coefficient (Wildman–Crippen LogP) is 1.53. The van der Waals surface area contributed by atoms with E-state index in [1.54, 1.807) is 7.05 Å². The van der Waals surface area contributed by atoms with E-state index in [0.29, 0.717) is 5.56 Å². The smallest absolute Gasteiger partial charge is 0.374 e. The number of aliphatic hydroxyl groups is 1. The van der Waals surface area contributed by atoms with Gasteiger partial charge in [0.15, 0.2) is 5.78 Å². The van der Waals surface area contributed by atoms with E-state index in [-0.39, 0.29) is 11.5 Å². The fourth-order valence-electron chi connectivity index (χ4n) is 2.57. The van der Waals surface area contributed by atoms with Gasteiger partial charge in [-0.15, -0.1) is 0 Å². The van der Waals surface area contributed by atoms with Crippen LogP contribution in [0, 0.1) is 0 Å². The van der Waals surface area contributed by atoms with Gasteiger partial charge in [-0.2, -0.15) is 13.2 Å². The largest absolute Gasteiger partial charge is 0.424 e. The SMILES string of the molecule is CC(=O)c1cc(C(=O)NCC[C@@](O)(c2nccn2C)C(F)(F)F)n(C)c1. The zero-order chi connectivity index (χ0) is 19.7. The second-order valence-corrected chi connectivity index (χ2v) is 6.01. The second kappa shape index (κ2) is 6.94. The van der Waals surface area contributed by atoms with Crippen molar-refractivity contribution < 1.29 is 27.9 Å². The minimum Gasteiger partial charge on any atom is -0.374 e. The van der Waals surface area contributed by atoms with Crippen LogP contribution in [0.1, 0.15) is 40.0 Å². The highest BCUT2D eigenvalue weighted by molar-refractivity contribution is 5.99. The summed E-state index contributed by atoms with van der Waals surface area (Å²) in [7, 11) is 2.88. The number of Topliss-reactive ketones (excluding diaryl/α,β-unsaturated/α-hetero) is 1. The van der Waals surface area contributed by atoms with Crippen LogP contribution < -0.4 is 5.32 Å². The number of nitrogens with zero attached hydrogens (tertiary/aromatic N) is 3. The highest BCUT2D eigenvalue weighted by atomic mass is 19.4. The third-order valence-electron chi connectivity index (χ3n) is 4.08. The van der Waals surface area contributed by atoms with Gasteiger partial charge in [0.1, 0.15) is 11.5 Å². The van der Waals surface area contributed by atoms with Gasteiger partial charge >= 0.3 is 6.18 Å². The van der Waals surface area contributed by atoms with E-state index < -0.39 is 36.5 Å². The van der Waals surface area contributed by atoms with Gasteiger partial charge in [-0.3, -0.25) is 9.59 Å². The van der Waals surface area contributed by atoms with Gasteiger partial charge in [-0.1, -0.05) is 0 Å². The summed E-state index contributed by atoms with van der Waals surface area (Å²) in [4.78, 5) is 27.1. The molecule has 0 aliphatic rings. The molecular weight excluding hydrogens is 353 g/mol. The molecule has 142 valence electrons. The van der Waals surface area contributed by atoms with E-state index >= 15 is 0 Å². The van der Waals surface area contributed by atoms with Crippen molar-refractivity contribution >= 4 is 11.7 Å². The Morgan fingerprint density at radius 2 is 1.92 bits per heavy atom. The van der Waals surface area contributed by atoms with Crippen molar-refractivity contribution in [3.63, 3.8) is 0 Å². The number of hydrogen-bond donors (Lipinski definition) is 2. The molecule has 2 aromatic heterocycles.